The normalized spacial score (nSPS) is 12.9. The highest BCUT2D eigenvalue weighted by Gasteiger charge is 2.24. The first kappa shape index (κ1) is 23.4. The molecule has 0 aliphatic heterocycles. The zero-order valence-corrected chi connectivity index (χ0v) is 19.8. The zero-order chi connectivity index (χ0) is 24.5. The minimum absolute atomic E-state index is 0.273. The predicted molar refractivity (Wildman–Crippen MR) is 126 cm³/mol. The standard InChI is InChI=1S/C23H25N5O5S/c1-14(2)28-13-20(25-12-21(28)29)34(31,32)27-23(30)26-22-17-6-4-5-15(17)7-8-18(22)16-9-10-24-19(11-16)33-3/h7-14H,4-6H2,1-3H3,(H2,26,27,30). The molecule has 2 heterocycles. The maximum absolute atomic E-state index is 12.9. The molecule has 4 rings (SSSR count). The van der Waals surface area contributed by atoms with Crippen molar-refractivity contribution < 1.29 is 17.9 Å². The lowest BCUT2D eigenvalue weighted by Crippen LogP contribution is -2.36. The number of nitrogens with zero attached hydrogens (tertiary/aromatic N) is 3. The Bertz CT molecular complexity index is 1420. The Morgan fingerprint density at radius 1 is 1.18 bits per heavy atom. The van der Waals surface area contributed by atoms with Gasteiger partial charge in [0.15, 0.2) is 5.03 Å². The van der Waals surface area contributed by atoms with E-state index in [1.54, 1.807) is 32.2 Å². The van der Waals surface area contributed by atoms with Crippen LogP contribution in [0.15, 0.2) is 52.7 Å². The monoisotopic (exact) mass is 483 g/mol. The number of amides is 2. The first-order chi connectivity index (χ1) is 16.2. The van der Waals surface area contributed by atoms with E-state index in [0.717, 1.165) is 53.9 Å². The number of pyridine rings is 1. The Hall–Kier alpha value is -3.73. The van der Waals surface area contributed by atoms with E-state index in [0.29, 0.717) is 11.6 Å². The second-order valence-corrected chi connectivity index (χ2v) is 9.82. The number of sulfonamides is 1. The van der Waals surface area contributed by atoms with E-state index >= 15 is 0 Å². The number of rotatable bonds is 6. The largest absolute Gasteiger partial charge is 0.481 e. The summed E-state index contributed by atoms with van der Waals surface area (Å²) in [4.78, 5) is 32.6. The fourth-order valence-electron chi connectivity index (χ4n) is 4.00. The number of carbonyl (C=O) groups excluding carboxylic acids is 1. The Morgan fingerprint density at radius 2 is 1.97 bits per heavy atom. The second kappa shape index (κ2) is 9.26. The molecular formula is C23H25N5O5S. The molecule has 178 valence electrons. The van der Waals surface area contributed by atoms with E-state index < -0.39 is 26.6 Å². The van der Waals surface area contributed by atoms with Gasteiger partial charge in [-0.25, -0.2) is 19.5 Å². The van der Waals surface area contributed by atoms with Gasteiger partial charge in [-0.1, -0.05) is 12.1 Å². The summed E-state index contributed by atoms with van der Waals surface area (Å²) in [6.07, 6.45) is 6.22. The summed E-state index contributed by atoms with van der Waals surface area (Å²) in [5.74, 6) is 0.419. The molecule has 11 heteroatoms. The van der Waals surface area contributed by atoms with Crippen molar-refractivity contribution in [3.8, 4) is 17.0 Å². The van der Waals surface area contributed by atoms with Crippen LogP contribution in [0.3, 0.4) is 0 Å². The van der Waals surface area contributed by atoms with Crippen molar-refractivity contribution in [3.05, 3.63) is 64.3 Å². The topological polar surface area (TPSA) is 132 Å². The molecule has 1 aromatic carbocycles. The third kappa shape index (κ3) is 4.65. The fourth-order valence-corrected chi connectivity index (χ4v) is 4.84. The fraction of sp³-hybridized carbons (Fsp3) is 0.304. The summed E-state index contributed by atoms with van der Waals surface area (Å²) in [5.41, 5.74) is 3.67. The third-order valence-electron chi connectivity index (χ3n) is 5.64. The summed E-state index contributed by atoms with van der Waals surface area (Å²) >= 11 is 0. The molecule has 2 amide bonds. The predicted octanol–water partition coefficient (Wildman–Crippen LogP) is 2.89. The number of aryl methyl sites for hydroxylation is 1. The molecule has 10 nitrogen and oxygen atoms in total. The molecule has 2 aromatic heterocycles. The number of ether oxygens (including phenoxy) is 1. The number of anilines is 1. The first-order valence-corrected chi connectivity index (χ1v) is 12.2. The molecule has 1 aliphatic rings. The molecule has 0 unspecified atom stereocenters. The SMILES string of the molecule is COc1cc(-c2ccc3c(c2NC(=O)NS(=O)(=O)c2cn(C(C)C)c(=O)cn2)CCC3)ccn1. The second-order valence-electron chi connectivity index (χ2n) is 8.19. The summed E-state index contributed by atoms with van der Waals surface area (Å²) in [6.45, 7) is 3.48. The first-order valence-electron chi connectivity index (χ1n) is 10.8. The Labute approximate surface area is 197 Å². The highest BCUT2D eigenvalue weighted by atomic mass is 32.2. The Balaban J connectivity index is 1.66. The van der Waals surface area contributed by atoms with Crippen LogP contribution in [0.5, 0.6) is 5.88 Å². The Kier molecular flexibility index (Phi) is 6.38. The van der Waals surface area contributed by atoms with Crippen LogP contribution in [0.2, 0.25) is 0 Å². The highest BCUT2D eigenvalue weighted by molar-refractivity contribution is 7.90. The maximum atomic E-state index is 12.9. The van der Waals surface area contributed by atoms with Gasteiger partial charge in [0, 0.05) is 30.1 Å². The molecule has 0 atom stereocenters. The quantitative estimate of drug-likeness (QED) is 0.551. The number of urea groups is 1. The van der Waals surface area contributed by atoms with Gasteiger partial charge in [0.25, 0.3) is 15.6 Å². The van der Waals surface area contributed by atoms with E-state index in [1.807, 2.05) is 16.9 Å². The number of carbonyl (C=O) groups is 1. The zero-order valence-electron chi connectivity index (χ0n) is 19.0. The smallest absolute Gasteiger partial charge is 0.333 e. The molecule has 0 spiro atoms. The number of nitrogens with one attached hydrogen (secondary N) is 2. The molecule has 0 saturated heterocycles. The number of methoxy groups -OCH3 is 1. The van der Waals surface area contributed by atoms with Crippen LogP contribution in [-0.2, 0) is 22.9 Å². The molecular weight excluding hydrogens is 458 g/mol. The minimum atomic E-state index is -4.32. The molecule has 34 heavy (non-hydrogen) atoms. The van der Waals surface area contributed by atoms with Gasteiger partial charge >= 0.3 is 6.03 Å². The van der Waals surface area contributed by atoms with Crippen LogP contribution in [0.25, 0.3) is 11.1 Å². The lowest BCUT2D eigenvalue weighted by atomic mass is 9.98. The van der Waals surface area contributed by atoms with E-state index in [-0.39, 0.29) is 6.04 Å². The van der Waals surface area contributed by atoms with E-state index in [9.17, 15) is 18.0 Å². The highest BCUT2D eigenvalue weighted by Crippen LogP contribution is 2.38. The van der Waals surface area contributed by atoms with Crippen LogP contribution < -0.4 is 20.3 Å². The summed E-state index contributed by atoms with van der Waals surface area (Å²) in [6, 6.07) is 6.25. The molecule has 0 radical (unpaired) electrons. The molecule has 0 fully saturated rings. The van der Waals surface area contributed by atoms with Gasteiger partial charge in [-0.3, -0.25) is 4.79 Å². The van der Waals surface area contributed by atoms with E-state index in [4.69, 9.17) is 4.74 Å². The molecule has 2 N–H and O–H groups in total. The van der Waals surface area contributed by atoms with Gasteiger partial charge < -0.3 is 14.6 Å². The number of aromatic nitrogens is 3. The van der Waals surface area contributed by atoms with Crippen LogP contribution in [-0.4, -0.2) is 36.1 Å². The number of benzene rings is 1. The van der Waals surface area contributed by atoms with Crippen molar-refractivity contribution in [1.82, 2.24) is 19.3 Å². The lowest BCUT2D eigenvalue weighted by Gasteiger charge is -2.17. The molecule has 0 saturated carbocycles. The van der Waals surface area contributed by atoms with E-state index in [1.165, 1.54) is 11.7 Å². The van der Waals surface area contributed by atoms with Gasteiger partial charge in [0.05, 0.1) is 19.0 Å². The van der Waals surface area contributed by atoms with Crippen LogP contribution in [0, 0.1) is 0 Å². The van der Waals surface area contributed by atoms with Crippen molar-refractivity contribution in [2.24, 2.45) is 0 Å². The van der Waals surface area contributed by atoms with Crippen LogP contribution in [0.4, 0.5) is 10.5 Å². The molecule has 3 aromatic rings. The van der Waals surface area contributed by atoms with Crippen molar-refractivity contribution in [1.29, 1.82) is 0 Å². The summed E-state index contributed by atoms with van der Waals surface area (Å²) < 4.78 is 34.1. The average Bonchev–Trinajstić information content (AvgIpc) is 3.28. The van der Waals surface area contributed by atoms with Gasteiger partial charge in [0.2, 0.25) is 5.88 Å². The van der Waals surface area contributed by atoms with Gasteiger partial charge in [-0.15, -0.1) is 0 Å². The van der Waals surface area contributed by atoms with Crippen molar-refractivity contribution in [2.45, 2.75) is 44.2 Å². The van der Waals surface area contributed by atoms with Gasteiger partial charge in [0.1, 0.15) is 0 Å². The number of hydrogen-bond acceptors (Lipinski definition) is 7. The Morgan fingerprint density at radius 3 is 2.71 bits per heavy atom. The summed E-state index contributed by atoms with van der Waals surface area (Å²) in [7, 11) is -2.80. The van der Waals surface area contributed by atoms with Crippen molar-refractivity contribution >= 4 is 21.7 Å². The summed E-state index contributed by atoms with van der Waals surface area (Å²) in [5, 5.41) is 2.31. The average molecular weight is 484 g/mol. The number of fused-ring (bicyclic) bond motifs is 1. The molecule has 0 bridgehead atoms. The van der Waals surface area contributed by atoms with Gasteiger partial charge in [-0.05, 0) is 55.9 Å². The van der Waals surface area contributed by atoms with Gasteiger partial charge in [-0.2, -0.15) is 8.42 Å². The third-order valence-corrected chi connectivity index (χ3v) is 6.86. The van der Waals surface area contributed by atoms with E-state index in [2.05, 4.69) is 15.3 Å². The maximum Gasteiger partial charge on any atom is 0.333 e. The lowest BCUT2D eigenvalue weighted by molar-refractivity contribution is 0.256. The van der Waals surface area contributed by atoms with Crippen LogP contribution in [0.1, 0.15) is 37.4 Å². The minimum Gasteiger partial charge on any atom is -0.481 e. The molecule has 1 aliphatic carbocycles. The van der Waals surface area contributed by atoms with Crippen molar-refractivity contribution in [3.63, 3.8) is 0 Å². The van der Waals surface area contributed by atoms with Crippen molar-refractivity contribution in [2.75, 3.05) is 12.4 Å². The number of hydrogen-bond donors (Lipinski definition) is 2. The van der Waals surface area contributed by atoms with Crippen LogP contribution >= 0.6 is 0 Å².